The third-order valence-electron chi connectivity index (χ3n) is 1.84. The summed E-state index contributed by atoms with van der Waals surface area (Å²) in [7, 11) is 1.00. The SMILES string of the molecule is CC(O)COC1=C(O)C(=O)OC1CCO.CO. The van der Waals surface area contributed by atoms with Crippen molar-refractivity contribution in [2.45, 2.75) is 25.6 Å². The van der Waals surface area contributed by atoms with Crippen molar-refractivity contribution >= 4 is 5.97 Å². The van der Waals surface area contributed by atoms with Gasteiger partial charge in [0.2, 0.25) is 5.76 Å². The van der Waals surface area contributed by atoms with Crippen LogP contribution in [0.5, 0.6) is 0 Å². The first-order valence-electron chi connectivity index (χ1n) is 5.06. The molecule has 0 fully saturated rings. The van der Waals surface area contributed by atoms with E-state index >= 15 is 0 Å². The van der Waals surface area contributed by atoms with Crippen molar-refractivity contribution in [2.75, 3.05) is 20.3 Å². The Bertz CT molecular complexity index is 272. The Morgan fingerprint density at radius 2 is 2.06 bits per heavy atom. The van der Waals surface area contributed by atoms with Crippen molar-refractivity contribution in [3.05, 3.63) is 11.5 Å². The van der Waals surface area contributed by atoms with E-state index in [-0.39, 0.29) is 25.4 Å². The second-order valence-electron chi connectivity index (χ2n) is 3.28. The molecule has 0 saturated heterocycles. The van der Waals surface area contributed by atoms with Crippen molar-refractivity contribution in [1.29, 1.82) is 0 Å². The molecule has 2 atom stereocenters. The summed E-state index contributed by atoms with van der Waals surface area (Å²) in [5.74, 6) is -1.47. The molecule has 7 nitrogen and oxygen atoms in total. The molecule has 0 aromatic carbocycles. The maximum Gasteiger partial charge on any atom is 0.377 e. The zero-order valence-corrected chi connectivity index (χ0v) is 9.79. The summed E-state index contributed by atoms with van der Waals surface area (Å²) in [6.45, 7) is 1.28. The maximum absolute atomic E-state index is 11.0. The predicted molar refractivity (Wildman–Crippen MR) is 57.0 cm³/mol. The van der Waals surface area contributed by atoms with Gasteiger partial charge in [-0.15, -0.1) is 0 Å². The summed E-state index contributed by atoms with van der Waals surface area (Å²) in [6, 6.07) is 0. The van der Waals surface area contributed by atoms with Crippen LogP contribution >= 0.6 is 0 Å². The fourth-order valence-electron chi connectivity index (χ4n) is 1.17. The molecule has 7 heteroatoms. The molecule has 0 aliphatic carbocycles. The molecule has 0 radical (unpaired) electrons. The standard InChI is InChI=1S/C9H14O6.CH4O/c1-5(11)4-14-8-6(2-3-10)15-9(13)7(8)12;1-2/h5-6,10-12H,2-4H2,1H3;2H,1H3. The Morgan fingerprint density at radius 1 is 1.47 bits per heavy atom. The van der Waals surface area contributed by atoms with Gasteiger partial charge in [0.1, 0.15) is 6.61 Å². The second kappa shape index (κ2) is 7.88. The Kier molecular flexibility index (Phi) is 7.27. The molecule has 4 N–H and O–H groups in total. The number of esters is 1. The van der Waals surface area contributed by atoms with Crippen LogP contribution in [-0.4, -0.2) is 58.9 Å². The molecule has 2 unspecified atom stereocenters. The van der Waals surface area contributed by atoms with Crippen LogP contribution in [0.2, 0.25) is 0 Å². The number of cyclic esters (lactones) is 1. The largest absolute Gasteiger partial charge is 0.499 e. The van der Waals surface area contributed by atoms with Crippen molar-refractivity contribution < 1.29 is 34.7 Å². The monoisotopic (exact) mass is 250 g/mol. The number of aliphatic hydroxyl groups is 4. The lowest BCUT2D eigenvalue weighted by Gasteiger charge is -2.14. The van der Waals surface area contributed by atoms with Crippen LogP contribution in [-0.2, 0) is 14.3 Å². The van der Waals surface area contributed by atoms with E-state index in [1.165, 1.54) is 6.92 Å². The lowest BCUT2D eigenvalue weighted by Crippen LogP contribution is -2.18. The molecule has 0 saturated carbocycles. The Morgan fingerprint density at radius 3 is 2.53 bits per heavy atom. The molecular weight excluding hydrogens is 232 g/mol. The zero-order valence-electron chi connectivity index (χ0n) is 9.79. The highest BCUT2D eigenvalue weighted by molar-refractivity contribution is 5.89. The highest BCUT2D eigenvalue weighted by Crippen LogP contribution is 2.24. The summed E-state index contributed by atoms with van der Waals surface area (Å²) < 4.78 is 9.76. The van der Waals surface area contributed by atoms with E-state index in [1.54, 1.807) is 0 Å². The number of carbonyl (C=O) groups excluding carboxylic acids is 1. The molecule has 0 aromatic rings. The van der Waals surface area contributed by atoms with Crippen molar-refractivity contribution in [2.24, 2.45) is 0 Å². The van der Waals surface area contributed by atoms with E-state index < -0.39 is 23.9 Å². The zero-order chi connectivity index (χ0) is 13.4. The lowest BCUT2D eigenvalue weighted by atomic mass is 10.2. The molecular formula is C10H18O7. The van der Waals surface area contributed by atoms with Gasteiger partial charge in [-0.25, -0.2) is 4.79 Å². The quantitative estimate of drug-likeness (QED) is 0.466. The van der Waals surface area contributed by atoms with E-state index in [0.29, 0.717) is 0 Å². The fraction of sp³-hybridized carbons (Fsp3) is 0.700. The van der Waals surface area contributed by atoms with E-state index in [2.05, 4.69) is 0 Å². The maximum atomic E-state index is 11.0. The minimum Gasteiger partial charge on any atom is -0.499 e. The van der Waals surface area contributed by atoms with Gasteiger partial charge < -0.3 is 29.9 Å². The third-order valence-corrected chi connectivity index (χ3v) is 1.84. The molecule has 0 bridgehead atoms. The summed E-state index contributed by atoms with van der Waals surface area (Å²) >= 11 is 0. The topological polar surface area (TPSA) is 116 Å². The molecule has 0 amide bonds. The van der Waals surface area contributed by atoms with Gasteiger partial charge in [-0.05, 0) is 6.92 Å². The average Bonchev–Trinajstić information content (AvgIpc) is 2.56. The number of aliphatic hydroxyl groups excluding tert-OH is 4. The lowest BCUT2D eigenvalue weighted by molar-refractivity contribution is -0.143. The fourth-order valence-corrected chi connectivity index (χ4v) is 1.17. The molecule has 100 valence electrons. The van der Waals surface area contributed by atoms with Gasteiger partial charge in [0.05, 0.1) is 6.10 Å². The Balaban J connectivity index is 0.00000121. The van der Waals surface area contributed by atoms with E-state index in [9.17, 15) is 9.90 Å². The van der Waals surface area contributed by atoms with Crippen molar-refractivity contribution in [3.8, 4) is 0 Å². The predicted octanol–water partition coefficient (Wildman–Crippen LogP) is -0.930. The molecule has 17 heavy (non-hydrogen) atoms. The number of hydrogen-bond donors (Lipinski definition) is 4. The van der Waals surface area contributed by atoms with Crippen LogP contribution in [0.15, 0.2) is 11.5 Å². The summed E-state index contributed by atoms with van der Waals surface area (Å²) in [6.07, 6.45) is -1.32. The molecule has 1 aliphatic heterocycles. The van der Waals surface area contributed by atoms with Gasteiger partial charge in [0, 0.05) is 20.1 Å². The Labute approximate surface area is 98.9 Å². The van der Waals surface area contributed by atoms with Crippen molar-refractivity contribution in [3.63, 3.8) is 0 Å². The van der Waals surface area contributed by atoms with Gasteiger partial charge >= 0.3 is 5.97 Å². The van der Waals surface area contributed by atoms with Gasteiger partial charge in [-0.2, -0.15) is 0 Å². The summed E-state index contributed by atoms with van der Waals surface area (Å²) in [4.78, 5) is 11.0. The van der Waals surface area contributed by atoms with E-state index in [1.807, 2.05) is 0 Å². The van der Waals surface area contributed by atoms with Crippen LogP contribution in [0.4, 0.5) is 0 Å². The highest BCUT2D eigenvalue weighted by atomic mass is 16.6. The highest BCUT2D eigenvalue weighted by Gasteiger charge is 2.35. The smallest absolute Gasteiger partial charge is 0.377 e. The van der Waals surface area contributed by atoms with Crippen molar-refractivity contribution in [1.82, 2.24) is 0 Å². The number of hydrogen-bond acceptors (Lipinski definition) is 7. The number of ether oxygens (including phenoxy) is 2. The summed E-state index contributed by atoms with van der Waals surface area (Å²) in [5.41, 5.74) is 0. The van der Waals surface area contributed by atoms with Crippen LogP contribution in [0.3, 0.4) is 0 Å². The van der Waals surface area contributed by atoms with Gasteiger partial charge in [-0.1, -0.05) is 0 Å². The Hall–Kier alpha value is -1.31. The molecule has 0 aromatic heterocycles. The van der Waals surface area contributed by atoms with E-state index in [4.69, 9.17) is 24.8 Å². The van der Waals surface area contributed by atoms with Crippen LogP contribution in [0.25, 0.3) is 0 Å². The molecule has 1 rings (SSSR count). The van der Waals surface area contributed by atoms with Crippen LogP contribution in [0, 0.1) is 0 Å². The molecule has 1 aliphatic rings. The normalized spacial score (nSPS) is 20.5. The van der Waals surface area contributed by atoms with Gasteiger partial charge in [0.15, 0.2) is 11.9 Å². The van der Waals surface area contributed by atoms with E-state index in [0.717, 1.165) is 7.11 Å². The number of rotatable bonds is 5. The minimum atomic E-state index is -0.867. The third kappa shape index (κ3) is 4.59. The second-order valence-corrected chi connectivity index (χ2v) is 3.28. The number of carbonyl (C=O) groups is 1. The average molecular weight is 250 g/mol. The molecule has 0 spiro atoms. The van der Waals surface area contributed by atoms with Crippen LogP contribution < -0.4 is 0 Å². The van der Waals surface area contributed by atoms with Crippen LogP contribution in [0.1, 0.15) is 13.3 Å². The molecule has 1 heterocycles. The first-order valence-corrected chi connectivity index (χ1v) is 5.06. The first-order chi connectivity index (χ1) is 8.06. The van der Waals surface area contributed by atoms with Gasteiger partial charge in [0.25, 0.3) is 0 Å². The minimum absolute atomic E-state index is 0.0186. The van der Waals surface area contributed by atoms with Gasteiger partial charge in [-0.3, -0.25) is 0 Å². The summed E-state index contributed by atoms with van der Waals surface area (Å²) in [5, 5.41) is 34.0. The first kappa shape index (κ1) is 15.7.